The van der Waals surface area contributed by atoms with Gasteiger partial charge >= 0.3 is 0 Å². The molecule has 0 heterocycles. The minimum atomic E-state index is -1.74. The van der Waals surface area contributed by atoms with Crippen LogP contribution in [0.15, 0.2) is 42.6 Å². The molecule has 0 aromatic heterocycles. The Morgan fingerprint density at radius 2 is 1.40 bits per heavy atom. The van der Waals surface area contributed by atoms with Gasteiger partial charge in [-0.1, -0.05) is 36.9 Å². The minimum absolute atomic E-state index is 0.732. The molecule has 0 unspecified atom stereocenters. The van der Waals surface area contributed by atoms with E-state index in [-0.39, 0.29) is 0 Å². The summed E-state index contributed by atoms with van der Waals surface area (Å²) in [6.07, 6.45) is 0.732. The Bertz CT molecular complexity index is 419. The first-order chi connectivity index (χ1) is 9.07. The number of allylic oxidation sites excluding steroid dienone is 1. The van der Waals surface area contributed by atoms with Crippen molar-refractivity contribution in [2.45, 2.75) is 45.7 Å². The van der Waals surface area contributed by atoms with Gasteiger partial charge in [0.1, 0.15) is 0 Å². The van der Waals surface area contributed by atoms with Crippen LogP contribution in [0.2, 0.25) is 39.3 Å². The van der Waals surface area contributed by atoms with E-state index in [1.807, 2.05) is 18.2 Å². The molecule has 0 saturated heterocycles. The fraction of sp³-hybridized carbons (Fsp3) is 0.467. The summed E-state index contributed by atoms with van der Waals surface area (Å²) in [5.41, 5.74) is 2.06. The number of hydrogen-bond acceptors (Lipinski definition) is 3. The van der Waals surface area contributed by atoms with Gasteiger partial charge in [-0.15, -0.1) is 0 Å². The van der Waals surface area contributed by atoms with Gasteiger partial charge in [0.05, 0.1) is 5.70 Å². The van der Waals surface area contributed by atoms with Gasteiger partial charge in [-0.25, -0.2) is 0 Å². The highest BCUT2D eigenvalue weighted by molar-refractivity contribution is 6.70. The average molecular weight is 310 g/mol. The largest absolute Gasteiger partial charge is 0.298 e. The fourth-order valence-corrected chi connectivity index (χ4v) is 2.94. The Kier molecular flexibility index (Phi) is 5.76. The molecule has 0 aliphatic heterocycles. The van der Waals surface area contributed by atoms with Crippen molar-refractivity contribution < 1.29 is 9.05 Å². The molecule has 0 aliphatic rings. The molecule has 0 saturated carbocycles. The van der Waals surface area contributed by atoms with Gasteiger partial charge in [0.15, 0.2) is 0 Å². The van der Waals surface area contributed by atoms with Gasteiger partial charge in [0.25, 0.3) is 0 Å². The van der Waals surface area contributed by atoms with Gasteiger partial charge in [0.2, 0.25) is 16.6 Å². The zero-order chi connectivity index (χ0) is 15.4. The van der Waals surface area contributed by atoms with E-state index in [0.717, 1.165) is 12.1 Å². The quantitative estimate of drug-likeness (QED) is 0.543. The Hall–Kier alpha value is -0.886. The first-order valence-corrected chi connectivity index (χ1v) is 13.8. The summed E-state index contributed by atoms with van der Waals surface area (Å²) < 4.78 is 12.1. The third-order valence-corrected chi connectivity index (χ3v) is 3.65. The molecule has 1 rings (SSSR count). The van der Waals surface area contributed by atoms with Crippen LogP contribution < -0.4 is 0 Å². The molecular formula is C15H27NO2Si2. The van der Waals surface area contributed by atoms with Crippen molar-refractivity contribution >= 4 is 16.6 Å². The van der Waals surface area contributed by atoms with Crippen LogP contribution in [-0.2, 0) is 15.5 Å². The maximum Gasteiger partial charge on any atom is 0.223 e. The maximum absolute atomic E-state index is 6.03. The van der Waals surface area contributed by atoms with E-state index in [4.69, 9.17) is 9.05 Å². The van der Waals surface area contributed by atoms with Crippen molar-refractivity contribution in [2.24, 2.45) is 0 Å². The number of hydroxylamine groups is 2. The lowest BCUT2D eigenvalue weighted by molar-refractivity contribution is -0.243. The zero-order valence-corrected chi connectivity index (χ0v) is 15.6. The van der Waals surface area contributed by atoms with E-state index in [1.165, 1.54) is 5.56 Å². The lowest BCUT2D eigenvalue weighted by atomic mass is 10.1. The third kappa shape index (κ3) is 7.05. The summed E-state index contributed by atoms with van der Waals surface area (Å²) in [5.74, 6) is 0. The topological polar surface area (TPSA) is 21.7 Å². The van der Waals surface area contributed by atoms with Gasteiger partial charge in [-0.05, 0) is 44.8 Å². The molecular weight excluding hydrogens is 282 g/mol. The molecule has 0 N–H and O–H groups in total. The van der Waals surface area contributed by atoms with Crippen molar-refractivity contribution in [2.75, 3.05) is 0 Å². The van der Waals surface area contributed by atoms with E-state index in [2.05, 4.69) is 58.0 Å². The van der Waals surface area contributed by atoms with Crippen molar-refractivity contribution in [1.29, 1.82) is 0 Å². The summed E-state index contributed by atoms with van der Waals surface area (Å²) in [6.45, 7) is 17.0. The summed E-state index contributed by atoms with van der Waals surface area (Å²) >= 11 is 0. The van der Waals surface area contributed by atoms with E-state index in [0.29, 0.717) is 0 Å². The van der Waals surface area contributed by atoms with E-state index < -0.39 is 16.6 Å². The second-order valence-corrected chi connectivity index (χ2v) is 15.7. The van der Waals surface area contributed by atoms with Crippen LogP contribution in [0.5, 0.6) is 0 Å². The second-order valence-electron chi connectivity index (χ2n) is 6.89. The van der Waals surface area contributed by atoms with Crippen LogP contribution >= 0.6 is 0 Å². The summed E-state index contributed by atoms with van der Waals surface area (Å²) in [4.78, 5) is 0. The summed E-state index contributed by atoms with van der Waals surface area (Å²) in [5, 5.41) is 1.59. The number of benzene rings is 1. The zero-order valence-electron chi connectivity index (χ0n) is 13.6. The van der Waals surface area contributed by atoms with Crippen molar-refractivity contribution in [3.05, 3.63) is 48.2 Å². The molecule has 1 aromatic rings. The van der Waals surface area contributed by atoms with Crippen LogP contribution in [0.3, 0.4) is 0 Å². The lowest BCUT2D eigenvalue weighted by Crippen LogP contribution is -2.43. The maximum atomic E-state index is 6.03. The third-order valence-electron chi connectivity index (χ3n) is 2.22. The molecule has 3 nitrogen and oxygen atoms in total. The average Bonchev–Trinajstić information content (AvgIpc) is 2.25. The molecule has 0 spiro atoms. The highest BCUT2D eigenvalue weighted by atomic mass is 28.4. The molecule has 0 atom stereocenters. The van der Waals surface area contributed by atoms with Crippen molar-refractivity contribution in [3.8, 4) is 0 Å². The highest BCUT2D eigenvalue weighted by Crippen LogP contribution is 2.19. The predicted molar refractivity (Wildman–Crippen MR) is 90.0 cm³/mol. The summed E-state index contributed by atoms with van der Waals surface area (Å²) in [7, 11) is -3.48. The van der Waals surface area contributed by atoms with Gasteiger partial charge in [-0.2, -0.15) is 5.23 Å². The summed E-state index contributed by atoms with van der Waals surface area (Å²) in [6, 6.07) is 10.3. The smallest absolute Gasteiger partial charge is 0.223 e. The number of nitrogens with zero attached hydrogens (tertiary/aromatic N) is 1. The van der Waals surface area contributed by atoms with Crippen LogP contribution in [-0.4, -0.2) is 21.9 Å². The monoisotopic (exact) mass is 309 g/mol. The van der Waals surface area contributed by atoms with Crippen LogP contribution in [0, 0.1) is 0 Å². The molecule has 0 amide bonds. The Morgan fingerprint density at radius 1 is 0.950 bits per heavy atom. The molecule has 0 aliphatic carbocycles. The van der Waals surface area contributed by atoms with Crippen LogP contribution in [0.25, 0.3) is 0 Å². The highest BCUT2D eigenvalue weighted by Gasteiger charge is 2.27. The molecule has 0 bridgehead atoms. The first-order valence-electron chi connectivity index (χ1n) is 6.97. The molecule has 20 heavy (non-hydrogen) atoms. The minimum Gasteiger partial charge on any atom is -0.298 e. The standard InChI is InChI=1S/C15H27NO2Si2/c1-14(13-15-11-9-8-10-12-15)16(17-19(2,3)4)18-20(5,6)7/h8-12H,1,13H2,2-7H3. The predicted octanol–water partition coefficient (Wildman–Crippen LogP) is 4.58. The first kappa shape index (κ1) is 17.2. The van der Waals surface area contributed by atoms with Crippen LogP contribution in [0.1, 0.15) is 5.56 Å². The lowest BCUT2D eigenvalue weighted by Gasteiger charge is -2.35. The normalized spacial score (nSPS) is 12.3. The molecule has 0 fully saturated rings. The van der Waals surface area contributed by atoms with E-state index >= 15 is 0 Å². The van der Waals surface area contributed by atoms with Crippen LogP contribution in [0.4, 0.5) is 0 Å². The Balaban J connectivity index is 2.79. The Morgan fingerprint density at radius 3 is 1.80 bits per heavy atom. The Labute approximate surface area is 125 Å². The molecule has 0 radical (unpaired) electrons. The van der Waals surface area contributed by atoms with Gasteiger partial charge in [0, 0.05) is 6.42 Å². The van der Waals surface area contributed by atoms with Crippen molar-refractivity contribution in [1.82, 2.24) is 5.23 Å². The van der Waals surface area contributed by atoms with Gasteiger partial charge < -0.3 is 0 Å². The fourth-order valence-electron chi connectivity index (χ4n) is 1.54. The number of rotatable bonds is 7. The number of hydrogen-bond donors (Lipinski definition) is 0. The molecule has 112 valence electrons. The molecule has 1 aromatic carbocycles. The molecule has 5 heteroatoms. The SMILES string of the molecule is C=C(Cc1ccccc1)N(O[Si](C)(C)C)O[Si](C)(C)C. The van der Waals surface area contributed by atoms with Crippen molar-refractivity contribution in [3.63, 3.8) is 0 Å². The van der Waals surface area contributed by atoms with E-state index in [1.54, 1.807) is 5.23 Å². The van der Waals surface area contributed by atoms with E-state index in [9.17, 15) is 0 Å². The van der Waals surface area contributed by atoms with Gasteiger partial charge in [-0.3, -0.25) is 9.05 Å². The second kappa shape index (κ2) is 6.71.